The Morgan fingerprint density at radius 3 is 2.39 bits per heavy atom. The molecule has 0 saturated heterocycles. The average Bonchev–Trinajstić information content (AvgIpc) is 2.67. The summed E-state index contributed by atoms with van der Waals surface area (Å²) in [5.74, 6) is 0.966. The highest BCUT2D eigenvalue weighted by molar-refractivity contribution is 5.95. The van der Waals surface area contributed by atoms with Crippen LogP contribution in [0.4, 0.5) is 0 Å². The molecular formula is C13H15Cl2N3. The maximum atomic E-state index is 5.52. The normalized spacial score (nSPS) is 10.1. The standard InChI is InChI=1S/C13H13N3.2ClH/c14-6-5-13-15-11-7-9-3-1-2-4-10(9)8-12(11)16-13;;/h1-4,7-8H,5-6,14H2,(H,15,16);2*1H. The molecule has 1 aromatic heterocycles. The van der Waals surface area contributed by atoms with Crippen molar-refractivity contribution in [3.05, 3.63) is 42.2 Å². The quantitative estimate of drug-likeness (QED) is 0.760. The van der Waals surface area contributed by atoms with E-state index in [0.29, 0.717) is 6.54 Å². The summed E-state index contributed by atoms with van der Waals surface area (Å²) in [6, 6.07) is 12.6. The van der Waals surface area contributed by atoms with Crippen LogP contribution in [0.15, 0.2) is 36.4 Å². The molecule has 3 rings (SSSR count). The molecule has 5 heteroatoms. The lowest BCUT2D eigenvalue weighted by Crippen LogP contribution is -2.03. The van der Waals surface area contributed by atoms with Crippen molar-refractivity contribution in [3.8, 4) is 0 Å². The zero-order chi connectivity index (χ0) is 11.0. The van der Waals surface area contributed by atoms with Crippen molar-refractivity contribution < 1.29 is 0 Å². The Kier molecular flexibility index (Phi) is 4.96. The summed E-state index contributed by atoms with van der Waals surface area (Å²) in [5.41, 5.74) is 7.62. The van der Waals surface area contributed by atoms with Crippen LogP contribution < -0.4 is 5.73 Å². The minimum absolute atomic E-state index is 0. The average molecular weight is 284 g/mol. The van der Waals surface area contributed by atoms with Gasteiger partial charge in [0.2, 0.25) is 0 Å². The van der Waals surface area contributed by atoms with E-state index in [1.165, 1.54) is 10.8 Å². The molecule has 0 aliphatic carbocycles. The second-order valence-corrected chi connectivity index (χ2v) is 3.94. The van der Waals surface area contributed by atoms with Crippen molar-refractivity contribution in [3.63, 3.8) is 0 Å². The monoisotopic (exact) mass is 283 g/mol. The predicted molar refractivity (Wildman–Crippen MR) is 80.9 cm³/mol. The van der Waals surface area contributed by atoms with E-state index in [-0.39, 0.29) is 24.8 Å². The molecule has 0 fully saturated rings. The van der Waals surface area contributed by atoms with Gasteiger partial charge in [0.05, 0.1) is 11.0 Å². The molecule has 0 unspecified atom stereocenters. The predicted octanol–water partition coefficient (Wildman–Crippen LogP) is 3.06. The van der Waals surface area contributed by atoms with Crippen LogP contribution in [-0.2, 0) is 6.42 Å². The van der Waals surface area contributed by atoms with E-state index in [4.69, 9.17) is 5.73 Å². The molecule has 0 saturated carbocycles. The summed E-state index contributed by atoms with van der Waals surface area (Å²) in [4.78, 5) is 7.81. The number of halogens is 2. The number of nitrogens with two attached hydrogens (primary N) is 1. The molecule has 0 amide bonds. The van der Waals surface area contributed by atoms with Crippen LogP contribution in [-0.4, -0.2) is 16.5 Å². The van der Waals surface area contributed by atoms with Gasteiger partial charge < -0.3 is 10.7 Å². The van der Waals surface area contributed by atoms with Crippen molar-refractivity contribution in [2.45, 2.75) is 6.42 Å². The number of nitrogens with one attached hydrogen (secondary N) is 1. The molecule has 0 radical (unpaired) electrons. The number of benzene rings is 2. The Morgan fingerprint density at radius 1 is 1.06 bits per heavy atom. The van der Waals surface area contributed by atoms with Crippen LogP contribution in [0, 0.1) is 0 Å². The molecule has 96 valence electrons. The van der Waals surface area contributed by atoms with Crippen molar-refractivity contribution in [2.24, 2.45) is 5.73 Å². The van der Waals surface area contributed by atoms with Gasteiger partial charge in [-0.05, 0) is 29.4 Å². The van der Waals surface area contributed by atoms with Crippen molar-refractivity contribution >= 4 is 46.6 Å². The number of fused-ring (bicyclic) bond motifs is 2. The minimum Gasteiger partial charge on any atom is -0.342 e. The first-order valence-electron chi connectivity index (χ1n) is 5.44. The number of imidazole rings is 1. The van der Waals surface area contributed by atoms with E-state index < -0.39 is 0 Å². The smallest absolute Gasteiger partial charge is 0.108 e. The van der Waals surface area contributed by atoms with Gasteiger partial charge in [-0.1, -0.05) is 24.3 Å². The summed E-state index contributed by atoms with van der Waals surface area (Å²) in [7, 11) is 0. The van der Waals surface area contributed by atoms with E-state index >= 15 is 0 Å². The highest BCUT2D eigenvalue weighted by Gasteiger charge is 2.03. The largest absolute Gasteiger partial charge is 0.342 e. The van der Waals surface area contributed by atoms with Crippen LogP contribution in [0.1, 0.15) is 5.82 Å². The lowest BCUT2D eigenvalue weighted by molar-refractivity contribution is 0.900. The third-order valence-corrected chi connectivity index (χ3v) is 2.78. The first-order chi connectivity index (χ1) is 7.86. The van der Waals surface area contributed by atoms with Crippen LogP contribution in [0.25, 0.3) is 21.8 Å². The summed E-state index contributed by atoms with van der Waals surface area (Å²) in [6.07, 6.45) is 0.797. The summed E-state index contributed by atoms with van der Waals surface area (Å²) >= 11 is 0. The Bertz CT molecular complexity index is 596. The van der Waals surface area contributed by atoms with Gasteiger partial charge in [-0.15, -0.1) is 24.8 Å². The minimum atomic E-state index is 0. The number of aromatic amines is 1. The zero-order valence-electron chi connectivity index (χ0n) is 9.72. The molecule has 0 aliphatic heterocycles. The van der Waals surface area contributed by atoms with Crippen LogP contribution in [0.2, 0.25) is 0 Å². The van der Waals surface area contributed by atoms with Crippen molar-refractivity contribution in [1.29, 1.82) is 0 Å². The molecule has 2 aromatic carbocycles. The second-order valence-electron chi connectivity index (χ2n) is 3.94. The summed E-state index contributed by atoms with van der Waals surface area (Å²) in [5, 5.41) is 2.46. The van der Waals surface area contributed by atoms with Gasteiger partial charge in [-0.2, -0.15) is 0 Å². The molecule has 0 bridgehead atoms. The summed E-state index contributed by atoms with van der Waals surface area (Å²) < 4.78 is 0. The van der Waals surface area contributed by atoms with Crippen LogP contribution in [0.3, 0.4) is 0 Å². The van der Waals surface area contributed by atoms with E-state index in [9.17, 15) is 0 Å². The fourth-order valence-electron chi connectivity index (χ4n) is 2.00. The maximum Gasteiger partial charge on any atom is 0.108 e. The van der Waals surface area contributed by atoms with Gasteiger partial charge >= 0.3 is 0 Å². The molecule has 0 atom stereocenters. The lowest BCUT2D eigenvalue weighted by atomic mass is 10.1. The summed E-state index contributed by atoms with van der Waals surface area (Å²) in [6.45, 7) is 0.624. The van der Waals surface area contributed by atoms with Gasteiger partial charge in [0.1, 0.15) is 5.82 Å². The number of nitrogens with zero attached hydrogens (tertiary/aromatic N) is 1. The van der Waals surface area contributed by atoms with Gasteiger partial charge in [0.25, 0.3) is 0 Å². The third-order valence-electron chi connectivity index (χ3n) is 2.78. The van der Waals surface area contributed by atoms with Gasteiger partial charge in [0, 0.05) is 6.42 Å². The number of rotatable bonds is 2. The number of hydrogen-bond acceptors (Lipinski definition) is 2. The molecule has 3 N–H and O–H groups in total. The van der Waals surface area contributed by atoms with E-state index in [1.807, 2.05) is 12.1 Å². The van der Waals surface area contributed by atoms with E-state index in [0.717, 1.165) is 23.3 Å². The topological polar surface area (TPSA) is 54.7 Å². The SMILES string of the molecule is Cl.Cl.NCCc1nc2cc3ccccc3cc2[nH]1. The third kappa shape index (κ3) is 2.58. The fourth-order valence-corrected chi connectivity index (χ4v) is 2.00. The maximum absolute atomic E-state index is 5.52. The fraction of sp³-hybridized carbons (Fsp3) is 0.154. The Labute approximate surface area is 118 Å². The first kappa shape index (κ1) is 14.8. The Balaban J connectivity index is 0.000000810. The zero-order valence-corrected chi connectivity index (χ0v) is 11.4. The lowest BCUT2D eigenvalue weighted by Gasteiger charge is -1.95. The van der Waals surface area contributed by atoms with Crippen LogP contribution in [0.5, 0.6) is 0 Å². The molecule has 18 heavy (non-hydrogen) atoms. The molecule has 3 nitrogen and oxygen atoms in total. The molecular weight excluding hydrogens is 269 g/mol. The van der Waals surface area contributed by atoms with Gasteiger partial charge in [-0.3, -0.25) is 0 Å². The number of H-pyrrole nitrogens is 1. The van der Waals surface area contributed by atoms with Crippen molar-refractivity contribution in [1.82, 2.24) is 9.97 Å². The van der Waals surface area contributed by atoms with E-state index in [2.05, 4.69) is 34.2 Å². The second kappa shape index (κ2) is 6.05. The molecule has 0 aliphatic rings. The Hall–Kier alpha value is -1.29. The highest BCUT2D eigenvalue weighted by Crippen LogP contribution is 2.20. The van der Waals surface area contributed by atoms with E-state index in [1.54, 1.807) is 0 Å². The van der Waals surface area contributed by atoms with Crippen molar-refractivity contribution in [2.75, 3.05) is 6.54 Å². The first-order valence-corrected chi connectivity index (χ1v) is 5.44. The highest BCUT2D eigenvalue weighted by atomic mass is 35.5. The number of hydrogen-bond donors (Lipinski definition) is 2. The molecule has 0 spiro atoms. The Morgan fingerprint density at radius 2 is 1.72 bits per heavy atom. The van der Waals surface area contributed by atoms with Gasteiger partial charge in [-0.25, -0.2) is 4.98 Å². The van der Waals surface area contributed by atoms with Crippen LogP contribution >= 0.6 is 24.8 Å². The number of aromatic nitrogens is 2. The van der Waals surface area contributed by atoms with Gasteiger partial charge in [0.15, 0.2) is 0 Å². The molecule has 1 heterocycles. The molecule has 3 aromatic rings.